The first kappa shape index (κ1) is 19.6. The van der Waals surface area contributed by atoms with Crippen molar-refractivity contribution >= 4 is 21.6 Å². The molecule has 1 aliphatic rings. The first-order chi connectivity index (χ1) is 12.9. The maximum absolute atomic E-state index is 12.9. The lowest BCUT2D eigenvalue weighted by atomic mass is 9.96. The third kappa shape index (κ3) is 4.39. The Labute approximate surface area is 161 Å². The molecule has 1 N–H and O–H groups in total. The Hall–Kier alpha value is -2.18. The number of hydrogen-bond donors (Lipinski definition) is 1. The van der Waals surface area contributed by atoms with Crippen molar-refractivity contribution in [2.24, 2.45) is 0 Å². The van der Waals surface area contributed by atoms with Gasteiger partial charge in [0.2, 0.25) is 10.0 Å². The quantitative estimate of drug-likeness (QED) is 0.837. The Morgan fingerprint density at radius 3 is 2.26 bits per heavy atom. The third-order valence-electron chi connectivity index (χ3n) is 5.28. The van der Waals surface area contributed by atoms with Crippen molar-refractivity contribution < 1.29 is 13.2 Å². The molecule has 6 heteroatoms. The number of rotatable bonds is 5. The summed E-state index contributed by atoms with van der Waals surface area (Å²) in [6.45, 7) is 1.92. The molecule has 0 saturated heterocycles. The van der Waals surface area contributed by atoms with Crippen molar-refractivity contribution in [3.63, 3.8) is 0 Å². The number of amides is 1. The monoisotopic (exact) mass is 386 g/mol. The zero-order valence-electron chi connectivity index (χ0n) is 15.8. The fraction of sp³-hybridized carbons (Fsp3) is 0.381. The van der Waals surface area contributed by atoms with Crippen LogP contribution in [0.5, 0.6) is 0 Å². The predicted molar refractivity (Wildman–Crippen MR) is 107 cm³/mol. The zero-order valence-corrected chi connectivity index (χ0v) is 16.6. The van der Waals surface area contributed by atoms with Gasteiger partial charge in [0.05, 0.1) is 4.90 Å². The van der Waals surface area contributed by atoms with E-state index in [-0.39, 0.29) is 16.8 Å². The molecular weight excluding hydrogens is 360 g/mol. The molecule has 5 nitrogen and oxygen atoms in total. The van der Waals surface area contributed by atoms with E-state index in [2.05, 4.69) is 5.32 Å². The second-order valence-corrected chi connectivity index (χ2v) is 9.10. The largest absolute Gasteiger partial charge is 0.322 e. The van der Waals surface area contributed by atoms with Crippen molar-refractivity contribution in [2.75, 3.05) is 12.4 Å². The molecule has 3 rings (SSSR count). The van der Waals surface area contributed by atoms with E-state index in [9.17, 15) is 13.2 Å². The van der Waals surface area contributed by atoms with Crippen LogP contribution in [0.15, 0.2) is 53.4 Å². The number of para-hydroxylation sites is 1. The highest BCUT2D eigenvalue weighted by molar-refractivity contribution is 7.89. The minimum atomic E-state index is -3.55. The summed E-state index contributed by atoms with van der Waals surface area (Å²) < 4.78 is 27.2. The first-order valence-corrected chi connectivity index (χ1v) is 10.8. The molecule has 0 aromatic heterocycles. The number of nitrogens with one attached hydrogen (secondary N) is 1. The average molecular weight is 387 g/mol. The Morgan fingerprint density at radius 1 is 1.00 bits per heavy atom. The molecule has 1 fully saturated rings. The highest BCUT2D eigenvalue weighted by Crippen LogP contribution is 2.26. The fourth-order valence-electron chi connectivity index (χ4n) is 3.49. The molecular formula is C21H26N2O3S. The van der Waals surface area contributed by atoms with Crippen molar-refractivity contribution in [3.8, 4) is 0 Å². The molecule has 1 saturated carbocycles. The second-order valence-electron chi connectivity index (χ2n) is 7.11. The maximum atomic E-state index is 12.9. The van der Waals surface area contributed by atoms with Gasteiger partial charge in [-0.05, 0) is 55.7 Å². The normalized spacial score (nSPS) is 15.7. The Balaban J connectivity index is 1.74. The maximum Gasteiger partial charge on any atom is 0.255 e. The second kappa shape index (κ2) is 8.23. The van der Waals surface area contributed by atoms with E-state index in [1.807, 2.05) is 31.2 Å². The van der Waals surface area contributed by atoms with Gasteiger partial charge in [0.25, 0.3) is 5.91 Å². The van der Waals surface area contributed by atoms with Crippen LogP contribution in [-0.4, -0.2) is 31.7 Å². The topological polar surface area (TPSA) is 66.5 Å². The molecule has 27 heavy (non-hydrogen) atoms. The molecule has 1 aliphatic carbocycles. The van der Waals surface area contributed by atoms with E-state index in [1.54, 1.807) is 19.2 Å². The Bertz CT molecular complexity index is 901. The SMILES string of the molecule is Cc1ccccc1NC(=O)c1ccc(S(=O)(=O)N(C)C2CCCCC2)cc1. The molecule has 0 heterocycles. The number of aryl methyl sites for hydroxylation is 1. The summed E-state index contributed by atoms with van der Waals surface area (Å²) >= 11 is 0. The van der Waals surface area contributed by atoms with Crippen LogP contribution in [0.4, 0.5) is 5.69 Å². The molecule has 0 aliphatic heterocycles. The molecule has 0 unspecified atom stereocenters. The Kier molecular flexibility index (Phi) is 5.97. The highest BCUT2D eigenvalue weighted by Gasteiger charge is 2.29. The minimum absolute atomic E-state index is 0.0628. The van der Waals surface area contributed by atoms with Crippen LogP contribution in [0.1, 0.15) is 48.0 Å². The lowest BCUT2D eigenvalue weighted by molar-refractivity contribution is 0.102. The number of hydrogen-bond acceptors (Lipinski definition) is 3. The lowest BCUT2D eigenvalue weighted by Gasteiger charge is -2.30. The van der Waals surface area contributed by atoms with Crippen LogP contribution >= 0.6 is 0 Å². The number of sulfonamides is 1. The third-order valence-corrected chi connectivity index (χ3v) is 7.20. The van der Waals surface area contributed by atoms with E-state index in [0.717, 1.165) is 36.9 Å². The summed E-state index contributed by atoms with van der Waals surface area (Å²) in [5.41, 5.74) is 2.15. The van der Waals surface area contributed by atoms with E-state index in [4.69, 9.17) is 0 Å². The van der Waals surface area contributed by atoms with Crippen LogP contribution in [-0.2, 0) is 10.0 Å². The zero-order chi connectivity index (χ0) is 19.4. The molecule has 0 radical (unpaired) electrons. The summed E-state index contributed by atoms with van der Waals surface area (Å²) in [4.78, 5) is 12.7. The van der Waals surface area contributed by atoms with E-state index >= 15 is 0 Å². The van der Waals surface area contributed by atoms with Gasteiger partial charge >= 0.3 is 0 Å². The molecule has 1 amide bonds. The number of benzene rings is 2. The fourth-order valence-corrected chi connectivity index (χ4v) is 4.91. The summed E-state index contributed by atoms with van der Waals surface area (Å²) in [6.07, 6.45) is 5.14. The summed E-state index contributed by atoms with van der Waals surface area (Å²) in [5.74, 6) is -0.256. The van der Waals surface area contributed by atoms with Crippen LogP contribution in [0, 0.1) is 6.92 Å². The van der Waals surface area contributed by atoms with Crippen molar-refractivity contribution in [3.05, 3.63) is 59.7 Å². The van der Waals surface area contributed by atoms with Gasteiger partial charge in [0.15, 0.2) is 0 Å². The summed E-state index contributed by atoms with van der Waals surface area (Å²) in [7, 11) is -1.89. The van der Waals surface area contributed by atoms with Crippen LogP contribution < -0.4 is 5.32 Å². The van der Waals surface area contributed by atoms with Crippen molar-refractivity contribution in [1.29, 1.82) is 0 Å². The number of carbonyl (C=O) groups excluding carboxylic acids is 1. The summed E-state index contributed by atoms with van der Waals surface area (Å²) in [5, 5.41) is 2.86. The minimum Gasteiger partial charge on any atom is -0.322 e. The molecule has 144 valence electrons. The molecule has 2 aromatic rings. The van der Waals surface area contributed by atoms with Gasteiger partial charge in [-0.15, -0.1) is 0 Å². The standard InChI is InChI=1S/C21H26N2O3S/c1-16-8-6-7-11-20(16)22-21(24)17-12-14-19(15-13-17)27(25,26)23(2)18-9-4-3-5-10-18/h6-8,11-15,18H,3-5,9-10H2,1-2H3,(H,22,24). The smallest absolute Gasteiger partial charge is 0.255 e. The lowest BCUT2D eigenvalue weighted by Crippen LogP contribution is -2.38. The Morgan fingerprint density at radius 2 is 1.63 bits per heavy atom. The highest BCUT2D eigenvalue weighted by atomic mass is 32.2. The number of nitrogens with zero attached hydrogens (tertiary/aromatic N) is 1. The van der Waals surface area contributed by atoms with Gasteiger partial charge in [-0.1, -0.05) is 37.5 Å². The molecule has 0 atom stereocenters. The number of carbonyl (C=O) groups is 1. The molecule has 0 bridgehead atoms. The van der Waals surface area contributed by atoms with Gasteiger partial charge < -0.3 is 5.32 Å². The van der Waals surface area contributed by atoms with E-state index in [1.165, 1.54) is 22.9 Å². The van der Waals surface area contributed by atoms with Gasteiger partial charge in [-0.25, -0.2) is 8.42 Å². The van der Waals surface area contributed by atoms with Gasteiger partial charge in [-0.2, -0.15) is 4.31 Å². The van der Waals surface area contributed by atoms with Crippen LogP contribution in [0.25, 0.3) is 0 Å². The van der Waals surface area contributed by atoms with Gasteiger partial charge in [-0.3, -0.25) is 4.79 Å². The average Bonchev–Trinajstić information content (AvgIpc) is 2.70. The first-order valence-electron chi connectivity index (χ1n) is 9.34. The van der Waals surface area contributed by atoms with Crippen LogP contribution in [0.2, 0.25) is 0 Å². The predicted octanol–water partition coefficient (Wildman–Crippen LogP) is 4.20. The number of anilines is 1. The van der Waals surface area contributed by atoms with Gasteiger partial charge in [0, 0.05) is 24.3 Å². The van der Waals surface area contributed by atoms with Crippen molar-refractivity contribution in [2.45, 2.75) is 50.0 Å². The van der Waals surface area contributed by atoms with Crippen molar-refractivity contribution in [1.82, 2.24) is 4.31 Å². The molecule has 0 spiro atoms. The van der Waals surface area contributed by atoms with Crippen LogP contribution in [0.3, 0.4) is 0 Å². The summed E-state index contributed by atoms with van der Waals surface area (Å²) in [6, 6.07) is 13.8. The van der Waals surface area contributed by atoms with E-state index < -0.39 is 10.0 Å². The van der Waals surface area contributed by atoms with Gasteiger partial charge in [0.1, 0.15) is 0 Å². The van der Waals surface area contributed by atoms with E-state index in [0.29, 0.717) is 5.56 Å². The molecule has 2 aromatic carbocycles.